The highest BCUT2D eigenvalue weighted by atomic mass is 16.1. The lowest BCUT2D eigenvalue weighted by Crippen LogP contribution is -2.35. The monoisotopic (exact) mass is 259 g/mol. The molecule has 1 aliphatic rings. The second-order valence-electron chi connectivity index (χ2n) is 5.86. The van der Waals surface area contributed by atoms with E-state index in [2.05, 4.69) is 37.4 Å². The highest BCUT2D eigenvalue weighted by molar-refractivity contribution is 5.79. The first kappa shape index (κ1) is 14.1. The molecule has 1 amide bonds. The number of amides is 1. The molecule has 0 heterocycles. The standard InChI is InChI=1S/C17H25NO/c1-13-9-10-14(2)15(11-13)12-17(19)18-16-7-5-3-4-6-8-16/h9-11,16H,3-8,12H2,1-2H3,(H,18,19). The van der Waals surface area contributed by atoms with Gasteiger partial charge >= 0.3 is 0 Å². The van der Waals surface area contributed by atoms with Gasteiger partial charge in [-0.05, 0) is 37.8 Å². The maximum absolute atomic E-state index is 12.1. The van der Waals surface area contributed by atoms with Crippen LogP contribution in [0.1, 0.15) is 55.2 Å². The van der Waals surface area contributed by atoms with Crippen LogP contribution >= 0.6 is 0 Å². The Hall–Kier alpha value is -1.31. The maximum Gasteiger partial charge on any atom is 0.224 e. The highest BCUT2D eigenvalue weighted by Crippen LogP contribution is 2.17. The van der Waals surface area contributed by atoms with E-state index in [-0.39, 0.29) is 5.91 Å². The number of carbonyl (C=O) groups is 1. The first-order valence-electron chi connectivity index (χ1n) is 7.50. The molecule has 1 aromatic rings. The molecule has 0 atom stereocenters. The number of aryl methyl sites for hydroxylation is 2. The Balaban J connectivity index is 1.91. The molecule has 0 aromatic heterocycles. The molecule has 0 unspecified atom stereocenters. The summed E-state index contributed by atoms with van der Waals surface area (Å²) in [6, 6.07) is 6.73. The fourth-order valence-corrected chi connectivity index (χ4v) is 2.87. The maximum atomic E-state index is 12.1. The topological polar surface area (TPSA) is 29.1 Å². The zero-order valence-electron chi connectivity index (χ0n) is 12.2. The number of hydrogen-bond acceptors (Lipinski definition) is 1. The predicted molar refractivity (Wildman–Crippen MR) is 79.3 cm³/mol. The first-order chi connectivity index (χ1) is 9.15. The lowest BCUT2D eigenvalue weighted by Gasteiger charge is -2.16. The summed E-state index contributed by atoms with van der Waals surface area (Å²) in [6.45, 7) is 4.15. The van der Waals surface area contributed by atoms with Gasteiger partial charge in [-0.25, -0.2) is 0 Å². The second kappa shape index (κ2) is 6.74. The van der Waals surface area contributed by atoms with Gasteiger partial charge in [0.15, 0.2) is 0 Å². The lowest BCUT2D eigenvalue weighted by atomic mass is 10.0. The SMILES string of the molecule is Cc1ccc(C)c(CC(=O)NC2CCCCCC2)c1. The summed E-state index contributed by atoms with van der Waals surface area (Å²) < 4.78 is 0. The molecule has 1 aliphatic carbocycles. The molecule has 1 saturated carbocycles. The molecular weight excluding hydrogens is 234 g/mol. The van der Waals surface area contributed by atoms with Crippen LogP contribution in [0.3, 0.4) is 0 Å². The van der Waals surface area contributed by atoms with Crippen molar-refractivity contribution < 1.29 is 4.79 Å². The van der Waals surface area contributed by atoms with Crippen molar-refractivity contribution in [3.05, 3.63) is 34.9 Å². The summed E-state index contributed by atoms with van der Waals surface area (Å²) in [6.07, 6.45) is 7.98. The van der Waals surface area contributed by atoms with E-state index >= 15 is 0 Å². The molecule has 0 aliphatic heterocycles. The van der Waals surface area contributed by atoms with E-state index in [1.165, 1.54) is 36.8 Å². The van der Waals surface area contributed by atoms with Gasteiger partial charge in [0.25, 0.3) is 0 Å². The number of hydrogen-bond donors (Lipinski definition) is 1. The zero-order chi connectivity index (χ0) is 13.7. The number of nitrogens with one attached hydrogen (secondary N) is 1. The lowest BCUT2D eigenvalue weighted by molar-refractivity contribution is -0.121. The normalized spacial score (nSPS) is 16.9. The summed E-state index contributed by atoms with van der Waals surface area (Å²) in [7, 11) is 0. The van der Waals surface area contributed by atoms with Crippen LogP contribution in [0.5, 0.6) is 0 Å². The third-order valence-corrected chi connectivity index (χ3v) is 4.08. The molecule has 104 valence electrons. The number of benzene rings is 1. The minimum atomic E-state index is 0.181. The average molecular weight is 259 g/mol. The van der Waals surface area contributed by atoms with Gasteiger partial charge in [0, 0.05) is 6.04 Å². The van der Waals surface area contributed by atoms with E-state index in [0.717, 1.165) is 18.4 Å². The zero-order valence-corrected chi connectivity index (χ0v) is 12.2. The van der Waals surface area contributed by atoms with Crippen LogP contribution in [0.25, 0.3) is 0 Å². The molecule has 19 heavy (non-hydrogen) atoms. The Bertz CT molecular complexity index is 431. The Labute approximate surface area is 116 Å². The molecule has 1 fully saturated rings. The quantitative estimate of drug-likeness (QED) is 0.824. The predicted octanol–water partition coefficient (Wildman–Crippen LogP) is 3.68. The minimum Gasteiger partial charge on any atom is -0.353 e. The highest BCUT2D eigenvalue weighted by Gasteiger charge is 2.15. The van der Waals surface area contributed by atoms with Crippen LogP contribution in [0.4, 0.5) is 0 Å². The van der Waals surface area contributed by atoms with Gasteiger partial charge in [-0.2, -0.15) is 0 Å². The van der Waals surface area contributed by atoms with Gasteiger partial charge < -0.3 is 5.32 Å². The van der Waals surface area contributed by atoms with Crippen molar-refractivity contribution in [2.75, 3.05) is 0 Å². The van der Waals surface area contributed by atoms with E-state index in [9.17, 15) is 4.79 Å². The van der Waals surface area contributed by atoms with Crippen molar-refractivity contribution in [3.8, 4) is 0 Å². The first-order valence-corrected chi connectivity index (χ1v) is 7.50. The molecule has 0 spiro atoms. The van der Waals surface area contributed by atoms with Crippen molar-refractivity contribution in [1.29, 1.82) is 0 Å². The van der Waals surface area contributed by atoms with Crippen LogP contribution < -0.4 is 5.32 Å². The van der Waals surface area contributed by atoms with Crippen molar-refractivity contribution in [3.63, 3.8) is 0 Å². The average Bonchev–Trinajstić information content (AvgIpc) is 2.62. The summed E-state index contributed by atoms with van der Waals surface area (Å²) in [5.74, 6) is 0.181. The fraction of sp³-hybridized carbons (Fsp3) is 0.588. The number of rotatable bonds is 3. The molecule has 2 nitrogen and oxygen atoms in total. The Morgan fingerprint density at radius 2 is 1.84 bits per heavy atom. The Morgan fingerprint density at radius 3 is 2.53 bits per heavy atom. The van der Waals surface area contributed by atoms with E-state index in [4.69, 9.17) is 0 Å². The third kappa shape index (κ3) is 4.38. The van der Waals surface area contributed by atoms with E-state index < -0.39 is 0 Å². The third-order valence-electron chi connectivity index (χ3n) is 4.08. The molecule has 0 bridgehead atoms. The summed E-state index contributed by atoms with van der Waals surface area (Å²) in [5, 5.41) is 3.22. The second-order valence-corrected chi connectivity index (χ2v) is 5.86. The smallest absolute Gasteiger partial charge is 0.224 e. The molecule has 1 N–H and O–H groups in total. The summed E-state index contributed by atoms with van der Waals surface area (Å²) >= 11 is 0. The van der Waals surface area contributed by atoms with Gasteiger partial charge in [0.2, 0.25) is 5.91 Å². The van der Waals surface area contributed by atoms with Crippen LogP contribution in [-0.4, -0.2) is 11.9 Å². The molecule has 2 heteroatoms. The van der Waals surface area contributed by atoms with E-state index in [1.807, 2.05) is 0 Å². The van der Waals surface area contributed by atoms with E-state index in [0.29, 0.717) is 12.5 Å². The molecule has 2 rings (SSSR count). The van der Waals surface area contributed by atoms with Crippen LogP contribution in [0.15, 0.2) is 18.2 Å². The van der Waals surface area contributed by atoms with Crippen molar-refractivity contribution in [2.24, 2.45) is 0 Å². The van der Waals surface area contributed by atoms with Gasteiger partial charge in [-0.15, -0.1) is 0 Å². The Kier molecular flexibility index (Phi) is 5.00. The molecule has 1 aromatic carbocycles. The van der Waals surface area contributed by atoms with Crippen molar-refractivity contribution in [2.45, 2.75) is 64.8 Å². The molecule has 0 radical (unpaired) electrons. The Morgan fingerprint density at radius 1 is 1.16 bits per heavy atom. The van der Waals surface area contributed by atoms with Gasteiger partial charge in [-0.1, -0.05) is 49.4 Å². The molecule has 0 saturated heterocycles. The van der Waals surface area contributed by atoms with Gasteiger partial charge in [0.1, 0.15) is 0 Å². The summed E-state index contributed by atoms with van der Waals surface area (Å²) in [5.41, 5.74) is 3.59. The number of carbonyl (C=O) groups excluding carboxylic acids is 1. The van der Waals surface area contributed by atoms with Gasteiger partial charge in [0.05, 0.1) is 6.42 Å². The van der Waals surface area contributed by atoms with Crippen LogP contribution in [-0.2, 0) is 11.2 Å². The van der Waals surface area contributed by atoms with Crippen LogP contribution in [0, 0.1) is 13.8 Å². The van der Waals surface area contributed by atoms with Crippen LogP contribution in [0.2, 0.25) is 0 Å². The van der Waals surface area contributed by atoms with Crippen molar-refractivity contribution >= 4 is 5.91 Å². The molecular formula is C17H25NO. The largest absolute Gasteiger partial charge is 0.353 e. The minimum absolute atomic E-state index is 0.181. The van der Waals surface area contributed by atoms with Crippen molar-refractivity contribution in [1.82, 2.24) is 5.32 Å². The van der Waals surface area contributed by atoms with E-state index in [1.54, 1.807) is 0 Å². The van der Waals surface area contributed by atoms with Gasteiger partial charge in [-0.3, -0.25) is 4.79 Å². The summed E-state index contributed by atoms with van der Waals surface area (Å²) in [4.78, 5) is 12.1. The fourth-order valence-electron chi connectivity index (χ4n) is 2.87.